The summed E-state index contributed by atoms with van der Waals surface area (Å²) in [6.07, 6.45) is 5.67. The zero-order valence-corrected chi connectivity index (χ0v) is 11.1. The van der Waals surface area contributed by atoms with Gasteiger partial charge in [0.05, 0.1) is 0 Å². The molecular weight excluding hydrogens is 222 g/mol. The molecule has 0 aliphatic carbocycles. The molecular formula is C15H21N3. The lowest BCUT2D eigenvalue weighted by atomic mass is 10.0. The van der Waals surface area contributed by atoms with Crippen LogP contribution in [0.5, 0.6) is 0 Å². The van der Waals surface area contributed by atoms with Gasteiger partial charge >= 0.3 is 0 Å². The molecule has 2 N–H and O–H groups in total. The summed E-state index contributed by atoms with van der Waals surface area (Å²) in [6.45, 7) is 5.26. The number of nitrogens with zero attached hydrogens (tertiary/aromatic N) is 1. The number of H-pyrrole nitrogens is 1. The van der Waals surface area contributed by atoms with E-state index in [1.54, 1.807) is 0 Å². The Morgan fingerprint density at radius 1 is 1.33 bits per heavy atom. The maximum absolute atomic E-state index is 4.30. The molecule has 0 spiro atoms. The van der Waals surface area contributed by atoms with Crippen molar-refractivity contribution in [1.82, 2.24) is 15.3 Å². The van der Waals surface area contributed by atoms with Crippen molar-refractivity contribution in [1.29, 1.82) is 0 Å². The zero-order chi connectivity index (χ0) is 12.8. The van der Waals surface area contributed by atoms with Crippen LogP contribution in [0.2, 0.25) is 0 Å². The molecule has 1 aromatic carbocycles. The molecule has 0 saturated carbocycles. The summed E-state index contributed by atoms with van der Waals surface area (Å²) in [5.41, 5.74) is 2.70. The SMILES string of the molecule is CCNC(Cc1cccc(C)c1)Cc1ncc[nH]1. The highest BCUT2D eigenvalue weighted by Gasteiger charge is 2.10. The van der Waals surface area contributed by atoms with Crippen LogP contribution in [0.1, 0.15) is 23.9 Å². The lowest BCUT2D eigenvalue weighted by molar-refractivity contribution is 0.512. The highest BCUT2D eigenvalue weighted by Crippen LogP contribution is 2.09. The van der Waals surface area contributed by atoms with Crippen LogP contribution in [-0.4, -0.2) is 22.6 Å². The minimum Gasteiger partial charge on any atom is -0.349 e. The lowest BCUT2D eigenvalue weighted by Crippen LogP contribution is -2.33. The lowest BCUT2D eigenvalue weighted by Gasteiger charge is -2.17. The standard InChI is InChI=1S/C15H21N3/c1-3-16-14(11-15-17-7-8-18-15)10-13-6-4-5-12(2)9-13/h4-9,14,16H,3,10-11H2,1-2H3,(H,17,18). The van der Waals surface area contributed by atoms with Gasteiger partial charge in [-0.25, -0.2) is 4.98 Å². The summed E-state index contributed by atoms with van der Waals surface area (Å²) in [7, 11) is 0. The minimum atomic E-state index is 0.433. The third kappa shape index (κ3) is 3.70. The second kappa shape index (κ2) is 6.36. The summed E-state index contributed by atoms with van der Waals surface area (Å²) in [5.74, 6) is 1.05. The number of likely N-dealkylation sites (N-methyl/N-ethyl adjacent to an activating group) is 1. The Morgan fingerprint density at radius 2 is 2.22 bits per heavy atom. The molecule has 96 valence electrons. The fraction of sp³-hybridized carbons (Fsp3) is 0.400. The number of benzene rings is 1. The average Bonchev–Trinajstić information content (AvgIpc) is 2.82. The number of nitrogens with one attached hydrogen (secondary N) is 2. The monoisotopic (exact) mass is 243 g/mol. The summed E-state index contributed by atoms with van der Waals surface area (Å²) >= 11 is 0. The first kappa shape index (κ1) is 12.8. The van der Waals surface area contributed by atoms with Gasteiger partial charge in [0, 0.05) is 24.9 Å². The van der Waals surface area contributed by atoms with E-state index < -0.39 is 0 Å². The van der Waals surface area contributed by atoms with Gasteiger partial charge in [0.2, 0.25) is 0 Å². The van der Waals surface area contributed by atoms with Crippen molar-refractivity contribution in [3.63, 3.8) is 0 Å². The molecule has 0 fully saturated rings. The van der Waals surface area contributed by atoms with Crippen LogP contribution in [0.25, 0.3) is 0 Å². The van der Waals surface area contributed by atoms with Crippen LogP contribution < -0.4 is 5.32 Å². The number of hydrogen-bond donors (Lipinski definition) is 2. The third-order valence-corrected chi connectivity index (χ3v) is 3.05. The summed E-state index contributed by atoms with van der Waals surface area (Å²) in [6, 6.07) is 9.15. The van der Waals surface area contributed by atoms with E-state index in [9.17, 15) is 0 Å². The number of imidazole rings is 1. The normalized spacial score (nSPS) is 12.6. The maximum atomic E-state index is 4.30. The average molecular weight is 243 g/mol. The van der Waals surface area contributed by atoms with Gasteiger partial charge in [0.15, 0.2) is 0 Å². The maximum Gasteiger partial charge on any atom is 0.107 e. The van der Waals surface area contributed by atoms with E-state index in [2.05, 4.69) is 53.4 Å². The third-order valence-electron chi connectivity index (χ3n) is 3.05. The predicted octanol–water partition coefficient (Wildman–Crippen LogP) is 2.48. The van der Waals surface area contributed by atoms with Crippen molar-refractivity contribution in [3.05, 3.63) is 53.6 Å². The van der Waals surface area contributed by atoms with Gasteiger partial charge in [0.25, 0.3) is 0 Å². The first-order valence-electron chi connectivity index (χ1n) is 6.55. The molecule has 3 nitrogen and oxygen atoms in total. The fourth-order valence-electron chi connectivity index (χ4n) is 2.27. The van der Waals surface area contributed by atoms with Crippen molar-refractivity contribution < 1.29 is 0 Å². The Hall–Kier alpha value is -1.61. The molecule has 0 amide bonds. The molecule has 1 aromatic heterocycles. The quantitative estimate of drug-likeness (QED) is 0.818. The van der Waals surface area contributed by atoms with Crippen LogP contribution in [0, 0.1) is 6.92 Å². The van der Waals surface area contributed by atoms with Crippen molar-refractivity contribution in [3.8, 4) is 0 Å². The van der Waals surface area contributed by atoms with Crippen molar-refractivity contribution in [2.24, 2.45) is 0 Å². The van der Waals surface area contributed by atoms with Gasteiger partial charge in [-0.15, -0.1) is 0 Å². The van der Waals surface area contributed by atoms with Gasteiger partial charge in [-0.05, 0) is 25.5 Å². The molecule has 0 bridgehead atoms. The minimum absolute atomic E-state index is 0.433. The molecule has 1 heterocycles. The molecule has 3 heteroatoms. The van der Waals surface area contributed by atoms with Crippen molar-refractivity contribution in [2.75, 3.05) is 6.54 Å². The number of aromatic nitrogens is 2. The van der Waals surface area contributed by atoms with Gasteiger partial charge in [-0.2, -0.15) is 0 Å². The summed E-state index contributed by atoms with van der Waals surface area (Å²) < 4.78 is 0. The van der Waals surface area contributed by atoms with Gasteiger partial charge in [-0.3, -0.25) is 0 Å². The van der Waals surface area contributed by atoms with Crippen LogP contribution in [-0.2, 0) is 12.8 Å². The van der Waals surface area contributed by atoms with E-state index in [-0.39, 0.29) is 0 Å². The highest BCUT2D eigenvalue weighted by molar-refractivity contribution is 5.23. The van der Waals surface area contributed by atoms with E-state index in [4.69, 9.17) is 0 Å². The van der Waals surface area contributed by atoms with Gasteiger partial charge in [0.1, 0.15) is 5.82 Å². The molecule has 0 radical (unpaired) electrons. The topological polar surface area (TPSA) is 40.7 Å². The Labute approximate surface area is 109 Å². The molecule has 0 aliphatic rings. The molecule has 1 unspecified atom stereocenters. The Morgan fingerprint density at radius 3 is 2.89 bits per heavy atom. The van der Waals surface area contributed by atoms with E-state index in [1.165, 1.54) is 11.1 Å². The van der Waals surface area contributed by atoms with Crippen molar-refractivity contribution >= 4 is 0 Å². The second-order valence-electron chi connectivity index (χ2n) is 4.69. The number of aryl methyl sites for hydroxylation is 1. The predicted molar refractivity (Wildman–Crippen MR) is 74.6 cm³/mol. The van der Waals surface area contributed by atoms with Gasteiger partial charge < -0.3 is 10.3 Å². The van der Waals surface area contributed by atoms with Gasteiger partial charge in [-0.1, -0.05) is 36.8 Å². The smallest absolute Gasteiger partial charge is 0.107 e. The summed E-state index contributed by atoms with van der Waals surface area (Å²) in [4.78, 5) is 7.47. The van der Waals surface area contributed by atoms with Crippen molar-refractivity contribution in [2.45, 2.75) is 32.7 Å². The number of rotatable bonds is 6. The Balaban J connectivity index is 2.01. The summed E-state index contributed by atoms with van der Waals surface area (Å²) in [5, 5.41) is 3.53. The van der Waals surface area contributed by atoms with Crippen LogP contribution >= 0.6 is 0 Å². The largest absolute Gasteiger partial charge is 0.349 e. The Kier molecular flexibility index (Phi) is 4.53. The van der Waals surface area contributed by atoms with Crippen LogP contribution in [0.4, 0.5) is 0 Å². The highest BCUT2D eigenvalue weighted by atomic mass is 14.9. The van der Waals surface area contributed by atoms with E-state index in [0.717, 1.165) is 25.2 Å². The first-order valence-corrected chi connectivity index (χ1v) is 6.55. The molecule has 2 rings (SSSR count). The zero-order valence-electron chi connectivity index (χ0n) is 11.1. The Bertz CT molecular complexity index is 462. The fourth-order valence-corrected chi connectivity index (χ4v) is 2.27. The first-order chi connectivity index (χ1) is 8.78. The van der Waals surface area contributed by atoms with Crippen LogP contribution in [0.15, 0.2) is 36.7 Å². The number of hydrogen-bond acceptors (Lipinski definition) is 2. The molecule has 1 atom stereocenters. The molecule has 0 saturated heterocycles. The van der Waals surface area contributed by atoms with E-state index in [0.29, 0.717) is 6.04 Å². The molecule has 0 aliphatic heterocycles. The second-order valence-corrected chi connectivity index (χ2v) is 4.69. The van der Waals surface area contributed by atoms with E-state index >= 15 is 0 Å². The molecule has 18 heavy (non-hydrogen) atoms. The van der Waals surface area contributed by atoms with E-state index in [1.807, 2.05) is 12.4 Å². The number of aromatic amines is 1. The molecule has 2 aromatic rings. The van der Waals surface area contributed by atoms with Crippen LogP contribution in [0.3, 0.4) is 0 Å².